The van der Waals surface area contributed by atoms with Gasteiger partial charge in [0.05, 0.1) is 18.1 Å². The Kier molecular flexibility index (Phi) is 6.10. The first-order valence-corrected chi connectivity index (χ1v) is 7.48. The number of morpholine rings is 1. The number of nitrogens with zero attached hydrogens (tertiary/aromatic N) is 2. The second-order valence-electron chi connectivity index (χ2n) is 5.22. The van der Waals surface area contributed by atoms with Gasteiger partial charge < -0.3 is 10.1 Å². The van der Waals surface area contributed by atoms with E-state index in [1.807, 2.05) is 6.07 Å². The molecule has 0 saturated carbocycles. The molecule has 1 fully saturated rings. The maximum atomic E-state index is 10.9. The van der Waals surface area contributed by atoms with Crippen LogP contribution < -0.4 is 5.32 Å². The molecule has 0 spiro atoms. The topological polar surface area (TPSA) is 67.6 Å². The van der Waals surface area contributed by atoms with Crippen molar-refractivity contribution in [1.82, 2.24) is 10.2 Å². The summed E-state index contributed by atoms with van der Waals surface area (Å²) in [6.45, 7) is 7.52. The van der Waals surface area contributed by atoms with Crippen molar-refractivity contribution in [2.75, 3.05) is 39.4 Å². The molecule has 1 N–H and O–H groups in total. The minimum Gasteiger partial charge on any atom is -0.379 e. The predicted octanol–water partition coefficient (Wildman–Crippen LogP) is 1.97. The second kappa shape index (κ2) is 8.07. The molecule has 0 radical (unpaired) electrons. The van der Waals surface area contributed by atoms with E-state index in [9.17, 15) is 10.1 Å². The molecule has 21 heavy (non-hydrogen) atoms. The molecule has 1 atom stereocenters. The molecule has 1 aliphatic heterocycles. The van der Waals surface area contributed by atoms with Crippen LogP contribution in [-0.4, -0.2) is 49.2 Å². The van der Waals surface area contributed by atoms with Crippen LogP contribution in [-0.2, 0) is 4.74 Å². The Labute approximate surface area is 125 Å². The molecule has 6 heteroatoms. The van der Waals surface area contributed by atoms with Crippen molar-refractivity contribution in [2.24, 2.45) is 0 Å². The van der Waals surface area contributed by atoms with Crippen LogP contribution in [0.1, 0.15) is 24.9 Å². The fourth-order valence-corrected chi connectivity index (χ4v) is 2.57. The molecule has 6 nitrogen and oxygen atoms in total. The molecule has 116 valence electrons. The molecular weight excluding hydrogens is 270 g/mol. The highest BCUT2D eigenvalue weighted by atomic mass is 16.6. The van der Waals surface area contributed by atoms with E-state index in [1.165, 1.54) is 6.07 Å². The van der Waals surface area contributed by atoms with E-state index in [4.69, 9.17) is 4.74 Å². The van der Waals surface area contributed by atoms with Gasteiger partial charge in [0.1, 0.15) is 0 Å². The molecule has 0 bridgehead atoms. The number of non-ortho nitro benzene ring substituents is 1. The molecule has 0 amide bonds. The van der Waals surface area contributed by atoms with Gasteiger partial charge in [-0.2, -0.15) is 0 Å². The largest absolute Gasteiger partial charge is 0.379 e. The Morgan fingerprint density at radius 1 is 1.43 bits per heavy atom. The summed E-state index contributed by atoms with van der Waals surface area (Å²) in [5.41, 5.74) is 1.13. The van der Waals surface area contributed by atoms with Gasteiger partial charge in [0, 0.05) is 44.4 Å². The Balaban J connectivity index is 1.87. The van der Waals surface area contributed by atoms with Crippen LogP contribution in [0.5, 0.6) is 0 Å². The Morgan fingerprint density at radius 2 is 2.19 bits per heavy atom. The third-order valence-electron chi connectivity index (χ3n) is 3.81. The van der Waals surface area contributed by atoms with Gasteiger partial charge in [-0.15, -0.1) is 0 Å². The highest BCUT2D eigenvalue weighted by Gasteiger charge is 2.14. The summed E-state index contributed by atoms with van der Waals surface area (Å²) in [5.74, 6) is 0. The van der Waals surface area contributed by atoms with Gasteiger partial charge in [0.25, 0.3) is 5.69 Å². The summed E-state index contributed by atoms with van der Waals surface area (Å²) in [6.07, 6.45) is 0.907. The monoisotopic (exact) mass is 293 g/mol. The maximum absolute atomic E-state index is 10.9. The van der Waals surface area contributed by atoms with Gasteiger partial charge in [-0.05, 0) is 12.0 Å². The van der Waals surface area contributed by atoms with Gasteiger partial charge >= 0.3 is 0 Å². The number of nitro benzene ring substituents is 1. The second-order valence-corrected chi connectivity index (χ2v) is 5.22. The zero-order valence-electron chi connectivity index (χ0n) is 12.5. The minimum absolute atomic E-state index is 0.154. The Morgan fingerprint density at radius 3 is 2.86 bits per heavy atom. The average Bonchev–Trinajstić information content (AvgIpc) is 2.52. The summed E-state index contributed by atoms with van der Waals surface area (Å²) in [7, 11) is 0. The zero-order chi connectivity index (χ0) is 15.1. The fraction of sp³-hybridized carbons (Fsp3) is 0.600. The fourth-order valence-electron chi connectivity index (χ4n) is 2.57. The van der Waals surface area contributed by atoms with Crippen LogP contribution in [0.4, 0.5) is 5.69 Å². The lowest BCUT2D eigenvalue weighted by Crippen LogP contribution is -2.40. The normalized spacial score (nSPS) is 17.6. The average molecular weight is 293 g/mol. The molecule has 1 heterocycles. The lowest BCUT2D eigenvalue weighted by molar-refractivity contribution is -0.384. The standard InChI is InChI=1S/C15H23N3O3/c1-2-15(13-4-3-5-14(12-13)18(19)20)16-6-7-17-8-10-21-11-9-17/h3-5,12,15-16H,2,6-11H2,1H3. The summed E-state index contributed by atoms with van der Waals surface area (Å²) in [6, 6.07) is 7.05. The molecular formula is C15H23N3O3. The van der Waals surface area contributed by atoms with Gasteiger partial charge in [0.15, 0.2) is 0 Å². The third-order valence-corrected chi connectivity index (χ3v) is 3.81. The highest BCUT2D eigenvalue weighted by Crippen LogP contribution is 2.21. The third kappa shape index (κ3) is 4.77. The lowest BCUT2D eigenvalue weighted by atomic mass is 10.0. The van der Waals surface area contributed by atoms with Gasteiger partial charge in [-0.3, -0.25) is 15.0 Å². The van der Waals surface area contributed by atoms with Crippen LogP contribution in [0.2, 0.25) is 0 Å². The van der Waals surface area contributed by atoms with Crippen molar-refractivity contribution in [3.8, 4) is 0 Å². The number of nitrogens with one attached hydrogen (secondary N) is 1. The van der Waals surface area contributed by atoms with E-state index in [2.05, 4.69) is 17.1 Å². The van der Waals surface area contributed by atoms with Gasteiger partial charge in [-0.25, -0.2) is 0 Å². The van der Waals surface area contributed by atoms with Gasteiger partial charge in [-0.1, -0.05) is 19.1 Å². The summed E-state index contributed by atoms with van der Waals surface area (Å²) < 4.78 is 5.33. The SMILES string of the molecule is CCC(NCCN1CCOCC1)c1cccc([N+](=O)[O-])c1. The summed E-state index contributed by atoms with van der Waals surface area (Å²) in [5, 5.41) is 14.3. The minimum atomic E-state index is -0.343. The summed E-state index contributed by atoms with van der Waals surface area (Å²) in [4.78, 5) is 12.9. The molecule has 2 rings (SSSR count). The number of hydrogen-bond acceptors (Lipinski definition) is 5. The zero-order valence-corrected chi connectivity index (χ0v) is 12.5. The quantitative estimate of drug-likeness (QED) is 0.615. The van der Waals surface area contributed by atoms with E-state index in [0.29, 0.717) is 0 Å². The number of rotatable bonds is 7. The molecule has 1 aromatic rings. The van der Waals surface area contributed by atoms with Crippen LogP contribution in [0.15, 0.2) is 24.3 Å². The van der Waals surface area contributed by atoms with E-state index < -0.39 is 0 Å². The van der Waals surface area contributed by atoms with Crippen molar-refractivity contribution in [1.29, 1.82) is 0 Å². The first-order valence-electron chi connectivity index (χ1n) is 7.48. The number of benzene rings is 1. The maximum Gasteiger partial charge on any atom is 0.269 e. The van der Waals surface area contributed by atoms with Crippen LogP contribution >= 0.6 is 0 Å². The van der Waals surface area contributed by atoms with E-state index in [1.54, 1.807) is 12.1 Å². The predicted molar refractivity (Wildman–Crippen MR) is 81.4 cm³/mol. The molecule has 0 aliphatic carbocycles. The molecule has 1 aromatic carbocycles. The van der Waals surface area contributed by atoms with Crippen LogP contribution in [0.25, 0.3) is 0 Å². The van der Waals surface area contributed by atoms with E-state index >= 15 is 0 Å². The van der Waals surface area contributed by atoms with Crippen molar-refractivity contribution in [3.05, 3.63) is 39.9 Å². The van der Waals surface area contributed by atoms with Crippen molar-refractivity contribution in [2.45, 2.75) is 19.4 Å². The smallest absolute Gasteiger partial charge is 0.269 e. The Hall–Kier alpha value is -1.50. The van der Waals surface area contributed by atoms with Crippen LogP contribution in [0.3, 0.4) is 0 Å². The number of nitro groups is 1. The number of hydrogen-bond donors (Lipinski definition) is 1. The Bertz CT molecular complexity index is 461. The number of ether oxygens (including phenoxy) is 1. The summed E-state index contributed by atoms with van der Waals surface area (Å²) >= 11 is 0. The first kappa shape index (κ1) is 15.9. The van der Waals surface area contributed by atoms with Crippen LogP contribution in [0, 0.1) is 10.1 Å². The van der Waals surface area contributed by atoms with Crippen molar-refractivity contribution >= 4 is 5.69 Å². The van der Waals surface area contributed by atoms with E-state index in [-0.39, 0.29) is 16.7 Å². The van der Waals surface area contributed by atoms with Gasteiger partial charge in [0.2, 0.25) is 0 Å². The molecule has 1 aliphatic rings. The lowest BCUT2D eigenvalue weighted by Gasteiger charge is -2.27. The van der Waals surface area contributed by atoms with Crippen molar-refractivity contribution in [3.63, 3.8) is 0 Å². The molecule has 1 saturated heterocycles. The van der Waals surface area contributed by atoms with Crippen molar-refractivity contribution < 1.29 is 9.66 Å². The molecule has 0 aromatic heterocycles. The molecule has 1 unspecified atom stereocenters. The van der Waals surface area contributed by atoms with E-state index in [0.717, 1.165) is 51.4 Å². The highest BCUT2D eigenvalue weighted by molar-refractivity contribution is 5.35. The first-order chi connectivity index (χ1) is 10.2.